The predicted octanol–water partition coefficient (Wildman–Crippen LogP) is 5.63. The Morgan fingerprint density at radius 2 is 1.61 bits per heavy atom. The van der Waals surface area contributed by atoms with Crippen LogP contribution in [0.15, 0.2) is 22.9 Å². The molecule has 2 heteroatoms. The average Bonchev–Trinajstić information content (AvgIpc) is 2.25. The molecule has 102 valence electrons. The summed E-state index contributed by atoms with van der Waals surface area (Å²) < 4.78 is 0. The quantitative estimate of drug-likeness (QED) is 0.454. The van der Waals surface area contributed by atoms with Gasteiger partial charge in [-0.05, 0) is 30.7 Å². The van der Waals surface area contributed by atoms with E-state index < -0.39 is 16.1 Å². The summed E-state index contributed by atoms with van der Waals surface area (Å²) in [4.78, 5) is 0. The Hall–Kier alpha value is -0.0862. The molecule has 2 unspecified atom stereocenters. The van der Waals surface area contributed by atoms with Gasteiger partial charge in [0.25, 0.3) is 0 Å². The van der Waals surface area contributed by atoms with Crippen LogP contribution >= 0.6 is 0 Å². The number of allylic oxidation sites excluding steroid dienone is 4. The molecule has 2 aliphatic carbocycles. The van der Waals surface area contributed by atoms with Gasteiger partial charge < -0.3 is 0 Å². The highest BCUT2D eigenvalue weighted by atomic mass is 28.3. The van der Waals surface area contributed by atoms with Crippen LogP contribution < -0.4 is 0 Å². The van der Waals surface area contributed by atoms with Crippen LogP contribution in [0.2, 0.25) is 44.8 Å². The molecule has 0 bridgehead atoms. The summed E-state index contributed by atoms with van der Waals surface area (Å²) >= 11 is 0. The van der Waals surface area contributed by atoms with Crippen molar-refractivity contribution < 1.29 is 0 Å². The van der Waals surface area contributed by atoms with Crippen molar-refractivity contribution in [1.82, 2.24) is 0 Å². The second-order valence-corrected chi connectivity index (χ2v) is 18.7. The third-order valence-electron chi connectivity index (χ3n) is 4.60. The van der Waals surface area contributed by atoms with Crippen molar-refractivity contribution in [3.8, 4) is 0 Å². The maximum Gasteiger partial charge on any atom is 0.0724 e. The van der Waals surface area contributed by atoms with E-state index in [2.05, 4.69) is 51.4 Å². The van der Waals surface area contributed by atoms with Gasteiger partial charge in [-0.3, -0.25) is 0 Å². The van der Waals surface area contributed by atoms with Crippen LogP contribution in [0.25, 0.3) is 0 Å². The van der Waals surface area contributed by atoms with E-state index in [0.717, 1.165) is 11.5 Å². The van der Waals surface area contributed by atoms with Gasteiger partial charge in [-0.15, -0.1) is 0 Å². The Kier molecular flexibility index (Phi) is 3.81. The Morgan fingerprint density at radius 3 is 2.17 bits per heavy atom. The minimum absolute atomic E-state index is 0.813. The van der Waals surface area contributed by atoms with Crippen molar-refractivity contribution in [2.45, 2.75) is 70.5 Å². The minimum atomic E-state index is -1.15. The van der Waals surface area contributed by atoms with E-state index in [9.17, 15) is 0 Å². The molecule has 2 rings (SSSR count). The second kappa shape index (κ2) is 4.79. The fourth-order valence-electron chi connectivity index (χ4n) is 3.52. The van der Waals surface area contributed by atoms with Crippen LogP contribution in [0.3, 0.4) is 0 Å². The van der Waals surface area contributed by atoms with Gasteiger partial charge in [0.2, 0.25) is 0 Å². The van der Waals surface area contributed by atoms with Crippen LogP contribution in [-0.2, 0) is 0 Å². The van der Waals surface area contributed by atoms with E-state index in [1.54, 1.807) is 5.57 Å². The molecule has 0 nitrogen and oxygen atoms in total. The molecular weight excluding hydrogens is 248 g/mol. The Morgan fingerprint density at radius 1 is 0.944 bits per heavy atom. The van der Waals surface area contributed by atoms with Crippen molar-refractivity contribution in [3.05, 3.63) is 22.9 Å². The lowest BCUT2D eigenvalue weighted by atomic mass is 9.81. The summed E-state index contributed by atoms with van der Waals surface area (Å²) in [5.74, 6) is 0.813. The molecular formula is C16H30Si2. The minimum Gasteiger partial charge on any atom is -0.0817 e. The lowest BCUT2D eigenvalue weighted by Gasteiger charge is -2.41. The van der Waals surface area contributed by atoms with Crippen LogP contribution in [0.5, 0.6) is 0 Å². The molecule has 18 heavy (non-hydrogen) atoms. The maximum absolute atomic E-state index is 2.73. The van der Waals surface area contributed by atoms with Crippen LogP contribution in [0.4, 0.5) is 0 Å². The summed E-state index contributed by atoms with van der Waals surface area (Å²) in [6.45, 7) is 15.2. The first-order valence-electron chi connectivity index (χ1n) is 7.62. The first-order chi connectivity index (χ1) is 8.19. The molecule has 0 saturated heterocycles. The topological polar surface area (TPSA) is 0 Å². The van der Waals surface area contributed by atoms with Gasteiger partial charge in [-0.1, -0.05) is 68.6 Å². The molecule has 0 spiro atoms. The van der Waals surface area contributed by atoms with E-state index in [1.165, 1.54) is 25.7 Å². The van der Waals surface area contributed by atoms with E-state index in [1.807, 2.05) is 5.20 Å². The lowest BCUT2D eigenvalue weighted by Crippen LogP contribution is -2.39. The zero-order chi connectivity index (χ0) is 13.6. The molecule has 0 N–H and O–H groups in total. The SMILES string of the molecule is C[Si](C)(C)C1=CC2CCCCC2=CC1[Si](C)(C)C. The van der Waals surface area contributed by atoms with E-state index in [0.29, 0.717) is 0 Å². The molecule has 0 aromatic rings. The fraction of sp³-hybridized carbons (Fsp3) is 0.750. The lowest BCUT2D eigenvalue weighted by molar-refractivity contribution is 0.511. The average molecular weight is 279 g/mol. The summed E-state index contributed by atoms with van der Waals surface area (Å²) in [5.41, 5.74) is 2.61. The summed E-state index contributed by atoms with van der Waals surface area (Å²) in [6, 6.07) is 0. The summed E-state index contributed by atoms with van der Waals surface area (Å²) in [6.07, 6.45) is 11.1. The third-order valence-corrected chi connectivity index (χ3v) is 9.44. The van der Waals surface area contributed by atoms with Crippen LogP contribution in [0, 0.1) is 5.92 Å². The van der Waals surface area contributed by atoms with Gasteiger partial charge in [0.1, 0.15) is 0 Å². The van der Waals surface area contributed by atoms with Crippen LogP contribution in [-0.4, -0.2) is 16.1 Å². The number of rotatable bonds is 2. The monoisotopic (exact) mass is 278 g/mol. The predicted molar refractivity (Wildman–Crippen MR) is 88.6 cm³/mol. The van der Waals surface area contributed by atoms with E-state index in [4.69, 9.17) is 0 Å². The normalized spacial score (nSPS) is 29.4. The number of fused-ring (bicyclic) bond motifs is 1. The fourth-order valence-corrected chi connectivity index (χ4v) is 9.58. The Labute approximate surface area is 116 Å². The number of hydrogen-bond acceptors (Lipinski definition) is 0. The van der Waals surface area contributed by atoms with Gasteiger partial charge >= 0.3 is 0 Å². The molecule has 0 amide bonds. The van der Waals surface area contributed by atoms with Gasteiger partial charge in [0.15, 0.2) is 0 Å². The molecule has 2 aliphatic rings. The van der Waals surface area contributed by atoms with E-state index >= 15 is 0 Å². The summed E-state index contributed by atoms with van der Waals surface area (Å²) in [7, 11) is -2.27. The largest absolute Gasteiger partial charge is 0.0817 e. The van der Waals surface area contributed by atoms with Gasteiger partial charge in [0.05, 0.1) is 16.1 Å². The molecule has 0 aromatic carbocycles. The maximum atomic E-state index is 2.73. The van der Waals surface area contributed by atoms with Crippen molar-refractivity contribution in [2.24, 2.45) is 5.92 Å². The number of hydrogen-bond donors (Lipinski definition) is 0. The van der Waals surface area contributed by atoms with Crippen molar-refractivity contribution >= 4 is 16.1 Å². The third kappa shape index (κ3) is 2.90. The van der Waals surface area contributed by atoms with Crippen molar-refractivity contribution in [2.75, 3.05) is 0 Å². The highest BCUT2D eigenvalue weighted by Crippen LogP contribution is 2.46. The highest BCUT2D eigenvalue weighted by Gasteiger charge is 2.38. The van der Waals surface area contributed by atoms with Crippen molar-refractivity contribution in [3.63, 3.8) is 0 Å². The first kappa shape index (κ1) is 14.3. The molecule has 1 fully saturated rings. The zero-order valence-corrected chi connectivity index (χ0v) is 15.1. The van der Waals surface area contributed by atoms with Crippen molar-refractivity contribution in [1.29, 1.82) is 0 Å². The van der Waals surface area contributed by atoms with Crippen LogP contribution in [0.1, 0.15) is 25.7 Å². The standard InChI is InChI=1S/C16H30Si2/c1-17(2,3)15-11-13-9-7-8-10-14(13)12-16(15)18(4,5)6/h11-13,16H,7-10H2,1-6H3. The molecule has 1 saturated carbocycles. The smallest absolute Gasteiger partial charge is 0.0724 e. The molecule has 0 radical (unpaired) electrons. The second-order valence-electron chi connectivity index (χ2n) is 8.31. The zero-order valence-electron chi connectivity index (χ0n) is 13.1. The molecule has 2 atom stereocenters. The molecule has 0 aromatic heterocycles. The van der Waals surface area contributed by atoms with Gasteiger partial charge in [-0.25, -0.2) is 0 Å². The Balaban J connectivity index is 2.39. The summed E-state index contributed by atoms with van der Waals surface area (Å²) in [5, 5.41) is 1.87. The first-order valence-corrected chi connectivity index (χ1v) is 14.7. The Bertz CT molecular complexity index is 377. The van der Waals surface area contributed by atoms with E-state index in [-0.39, 0.29) is 0 Å². The van der Waals surface area contributed by atoms with Gasteiger partial charge in [0, 0.05) is 0 Å². The molecule has 0 heterocycles. The highest BCUT2D eigenvalue weighted by molar-refractivity contribution is 6.88. The molecule has 0 aliphatic heterocycles. The van der Waals surface area contributed by atoms with Gasteiger partial charge in [-0.2, -0.15) is 0 Å².